The highest BCUT2D eigenvalue weighted by molar-refractivity contribution is 5.98. The fraction of sp³-hybridized carbons (Fsp3) is 0.200. The molecule has 0 atom stereocenters. The molecular weight excluding hydrogens is 362 g/mol. The molecule has 0 aliphatic rings. The van der Waals surface area contributed by atoms with E-state index in [4.69, 9.17) is 4.74 Å². The summed E-state index contributed by atoms with van der Waals surface area (Å²) in [6.45, 7) is 3.51. The van der Waals surface area contributed by atoms with Crippen molar-refractivity contribution >= 4 is 11.1 Å². The van der Waals surface area contributed by atoms with Crippen LogP contribution in [0.2, 0.25) is 0 Å². The van der Waals surface area contributed by atoms with Crippen LogP contribution in [0.5, 0.6) is 17.2 Å². The summed E-state index contributed by atoms with van der Waals surface area (Å²) in [5, 5.41) is 22.9. The molecular formula is C25H27NO3. The van der Waals surface area contributed by atoms with Crippen molar-refractivity contribution in [1.82, 2.24) is 5.32 Å². The molecule has 0 aromatic heterocycles. The van der Waals surface area contributed by atoms with E-state index in [0.29, 0.717) is 6.61 Å². The molecule has 3 aromatic rings. The summed E-state index contributed by atoms with van der Waals surface area (Å²) >= 11 is 0. The Balaban J connectivity index is 2.10. The Morgan fingerprint density at radius 1 is 0.828 bits per heavy atom. The zero-order valence-electron chi connectivity index (χ0n) is 16.9. The Hall–Kier alpha value is -3.24. The summed E-state index contributed by atoms with van der Waals surface area (Å²) in [6.07, 6.45) is 0.821. The Labute approximate surface area is 172 Å². The fourth-order valence-corrected chi connectivity index (χ4v) is 3.35. The molecule has 0 saturated carbocycles. The first-order chi connectivity index (χ1) is 14.1. The van der Waals surface area contributed by atoms with Gasteiger partial charge in [-0.25, -0.2) is 0 Å². The van der Waals surface area contributed by atoms with Crippen molar-refractivity contribution in [2.45, 2.75) is 13.3 Å². The van der Waals surface area contributed by atoms with Crippen molar-refractivity contribution < 1.29 is 14.9 Å². The Morgan fingerprint density at radius 3 is 2.14 bits per heavy atom. The van der Waals surface area contributed by atoms with Gasteiger partial charge < -0.3 is 20.3 Å². The third-order valence-corrected chi connectivity index (χ3v) is 4.81. The highest BCUT2D eigenvalue weighted by Gasteiger charge is 2.15. The van der Waals surface area contributed by atoms with Crippen LogP contribution < -0.4 is 10.1 Å². The highest BCUT2D eigenvalue weighted by atomic mass is 16.5. The third-order valence-electron chi connectivity index (χ3n) is 4.81. The van der Waals surface area contributed by atoms with E-state index in [1.807, 2.05) is 55.6 Å². The van der Waals surface area contributed by atoms with Crippen LogP contribution in [0.4, 0.5) is 0 Å². The van der Waals surface area contributed by atoms with E-state index in [-0.39, 0.29) is 11.5 Å². The quantitative estimate of drug-likeness (QED) is 0.286. The minimum atomic E-state index is -0.129. The zero-order chi connectivity index (χ0) is 20.6. The molecule has 0 aliphatic heterocycles. The smallest absolute Gasteiger partial charge is 0.158 e. The van der Waals surface area contributed by atoms with Gasteiger partial charge in [0.05, 0.1) is 0 Å². The van der Waals surface area contributed by atoms with Gasteiger partial charge in [0.1, 0.15) is 12.4 Å². The predicted molar refractivity (Wildman–Crippen MR) is 118 cm³/mol. The second kappa shape index (κ2) is 9.80. The van der Waals surface area contributed by atoms with E-state index >= 15 is 0 Å². The van der Waals surface area contributed by atoms with Gasteiger partial charge in [0.15, 0.2) is 11.5 Å². The molecule has 29 heavy (non-hydrogen) atoms. The molecule has 0 unspecified atom stereocenters. The van der Waals surface area contributed by atoms with Crippen LogP contribution in [0.15, 0.2) is 72.8 Å². The Kier molecular flexibility index (Phi) is 6.93. The molecule has 3 N–H and O–H groups in total. The number of ether oxygens (including phenoxy) is 1. The number of benzene rings is 3. The highest BCUT2D eigenvalue weighted by Crippen LogP contribution is 2.37. The van der Waals surface area contributed by atoms with Crippen LogP contribution in [0.25, 0.3) is 11.1 Å². The number of phenols is 2. The van der Waals surface area contributed by atoms with Gasteiger partial charge >= 0.3 is 0 Å². The van der Waals surface area contributed by atoms with Gasteiger partial charge in [-0.1, -0.05) is 55.5 Å². The van der Waals surface area contributed by atoms with Gasteiger partial charge in [-0.05, 0) is 65.6 Å². The second-order valence-corrected chi connectivity index (χ2v) is 6.75. The summed E-state index contributed by atoms with van der Waals surface area (Å²) in [6, 6.07) is 23.2. The molecule has 0 spiro atoms. The molecule has 0 aliphatic carbocycles. The van der Waals surface area contributed by atoms with E-state index in [1.54, 1.807) is 6.07 Å². The lowest BCUT2D eigenvalue weighted by Gasteiger charge is -2.17. The van der Waals surface area contributed by atoms with E-state index in [2.05, 4.69) is 24.4 Å². The number of allylic oxidation sites excluding steroid dienone is 1. The van der Waals surface area contributed by atoms with Crippen molar-refractivity contribution in [1.29, 1.82) is 0 Å². The van der Waals surface area contributed by atoms with E-state index < -0.39 is 0 Å². The fourth-order valence-electron chi connectivity index (χ4n) is 3.35. The number of hydrogen-bond donors (Lipinski definition) is 3. The average molecular weight is 389 g/mol. The van der Waals surface area contributed by atoms with E-state index in [1.165, 1.54) is 11.6 Å². The summed E-state index contributed by atoms with van der Waals surface area (Å²) in [4.78, 5) is 0. The van der Waals surface area contributed by atoms with Crippen molar-refractivity contribution in [3.63, 3.8) is 0 Å². The zero-order valence-corrected chi connectivity index (χ0v) is 16.9. The molecule has 0 amide bonds. The van der Waals surface area contributed by atoms with Crippen LogP contribution in [-0.4, -0.2) is 30.4 Å². The first-order valence-electron chi connectivity index (χ1n) is 9.82. The molecule has 4 heteroatoms. The number of hydrogen-bond acceptors (Lipinski definition) is 4. The van der Waals surface area contributed by atoms with Gasteiger partial charge in [0.2, 0.25) is 0 Å². The average Bonchev–Trinajstić information content (AvgIpc) is 2.75. The van der Waals surface area contributed by atoms with Gasteiger partial charge in [0.25, 0.3) is 0 Å². The maximum Gasteiger partial charge on any atom is 0.158 e. The Morgan fingerprint density at radius 2 is 1.52 bits per heavy atom. The lowest BCUT2D eigenvalue weighted by atomic mass is 9.88. The van der Waals surface area contributed by atoms with Crippen LogP contribution >= 0.6 is 0 Å². The molecule has 4 nitrogen and oxygen atoms in total. The maximum atomic E-state index is 10.1. The molecule has 3 aromatic carbocycles. The van der Waals surface area contributed by atoms with Crippen LogP contribution in [-0.2, 0) is 0 Å². The minimum Gasteiger partial charge on any atom is -0.504 e. The van der Waals surface area contributed by atoms with Crippen molar-refractivity contribution in [2.75, 3.05) is 20.2 Å². The standard InChI is InChI=1S/C25H27NO3/c1-3-22(18-7-5-4-6-8-18)25(20-11-14-23(27)24(28)17-20)19-9-12-21(13-10-19)29-16-15-26-2/h4-14,17,26-28H,3,15-16H2,1-2H3/b25-22+. The lowest BCUT2D eigenvalue weighted by Crippen LogP contribution is -2.15. The SMILES string of the molecule is CC/C(=C(/c1ccc(OCCNC)cc1)c1ccc(O)c(O)c1)c1ccccc1. The molecule has 0 fully saturated rings. The van der Waals surface area contributed by atoms with E-state index in [9.17, 15) is 10.2 Å². The summed E-state index contributed by atoms with van der Waals surface area (Å²) < 4.78 is 5.74. The van der Waals surface area contributed by atoms with Crippen LogP contribution in [0, 0.1) is 0 Å². The summed E-state index contributed by atoms with van der Waals surface area (Å²) in [7, 11) is 1.90. The normalized spacial score (nSPS) is 11.8. The number of phenolic OH excluding ortho intramolecular Hbond substituents is 2. The topological polar surface area (TPSA) is 61.7 Å². The summed E-state index contributed by atoms with van der Waals surface area (Å²) in [5.74, 6) is 0.560. The van der Waals surface area contributed by atoms with E-state index in [0.717, 1.165) is 41.0 Å². The van der Waals surface area contributed by atoms with Crippen molar-refractivity contribution in [3.05, 3.63) is 89.5 Å². The molecule has 0 bridgehead atoms. The van der Waals surface area contributed by atoms with Crippen molar-refractivity contribution in [2.24, 2.45) is 0 Å². The number of nitrogens with one attached hydrogen (secondary N) is 1. The van der Waals surface area contributed by atoms with Crippen LogP contribution in [0.3, 0.4) is 0 Å². The largest absolute Gasteiger partial charge is 0.504 e. The number of aromatic hydroxyl groups is 2. The molecule has 0 radical (unpaired) electrons. The summed E-state index contributed by atoms with van der Waals surface area (Å²) in [5.41, 5.74) is 5.20. The first-order valence-corrected chi connectivity index (χ1v) is 9.82. The number of rotatable bonds is 8. The van der Waals surface area contributed by atoms with Gasteiger partial charge in [-0.2, -0.15) is 0 Å². The third kappa shape index (κ3) is 4.98. The lowest BCUT2D eigenvalue weighted by molar-refractivity contribution is 0.318. The van der Waals surface area contributed by atoms with Crippen molar-refractivity contribution in [3.8, 4) is 17.2 Å². The molecule has 3 rings (SSSR count). The predicted octanol–water partition coefficient (Wildman–Crippen LogP) is 5.07. The maximum absolute atomic E-state index is 10.1. The second-order valence-electron chi connectivity index (χ2n) is 6.75. The minimum absolute atomic E-state index is 0.126. The molecule has 0 heterocycles. The molecule has 0 saturated heterocycles. The number of likely N-dealkylation sites (N-methyl/N-ethyl adjacent to an activating group) is 1. The molecule has 150 valence electrons. The monoisotopic (exact) mass is 389 g/mol. The first kappa shape index (κ1) is 20.5. The van der Waals surface area contributed by atoms with Crippen LogP contribution in [0.1, 0.15) is 30.0 Å². The Bertz CT molecular complexity index is 963. The van der Waals surface area contributed by atoms with Gasteiger partial charge in [-0.3, -0.25) is 0 Å². The van der Waals surface area contributed by atoms with Gasteiger partial charge in [-0.15, -0.1) is 0 Å². The van der Waals surface area contributed by atoms with Gasteiger partial charge in [0, 0.05) is 6.54 Å².